The monoisotopic (exact) mass is 349 g/mol. The molecule has 1 aromatic heterocycles. The zero-order valence-electron chi connectivity index (χ0n) is 14.6. The molecular formula is C20H19N3O3. The number of carbonyl (C=O) groups excluding carboxylic acids is 2. The van der Waals surface area contributed by atoms with Crippen molar-refractivity contribution in [3.8, 4) is 5.88 Å². The first kappa shape index (κ1) is 17.4. The SMILES string of the molecule is CNC(=O)c1ccc(CNC(=O)c2cc3ccccc3c(OC)n2)cc1. The fourth-order valence-electron chi connectivity index (χ4n) is 2.63. The van der Waals surface area contributed by atoms with Gasteiger partial charge in [0.15, 0.2) is 0 Å². The van der Waals surface area contributed by atoms with Crippen molar-refractivity contribution in [2.24, 2.45) is 0 Å². The van der Waals surface area contributed by atoms with E-state index in [1.807, 2.05) is 24.3 Å². The summed E-state index contributed by atoms with van der Waals surface area (Å²) >= 11 is 0. The summed E-state index contributed by atoms with van der Waals surface area (Å²) in [7, 11) is 3.12. The van der Waals surface area contributed by atoms with Crippen LogP contribution in [-0.4, -0.2) is 31.0 Å². The van der Waals surface area contributed by atoms with Gasteiger partial charge in [0.25, 0.3) is 11.8 Å². The first-order valence-electron chi connectivity index (χ1n) is 8.15. The summed E-state index contributed by atoms with van der Waals surface area (Å²) < 4.78 is 5.30. The van der Waals surface area contributed by atoms with E-state index in [9.17, 15) is 9.59 Å². The molecule has 0 spiro atoms. The van der Waals surface area contributed by atoms with Gasteiger partial charge in [-0.3, -0.25) is 9.59 Å². The minimum atomic E-state index is -0.288. The predicted molar refractivity (Wildman–Crippen MR) is 99.3 cm³/mol. The lowest BCUT2D eigenvalue weighted by Gasteiger charge is -2.09. The summed E-state index contributed by atoms with van der Waals surface area (Å²) in [5.74, 6) is -0.0133. The number of benzene rings is 2. The van der Waals surface area contributed by atoms with Crippen LogP contribution in [-0.2, 0) is 6.54 Å². The molecule has 6 heteroatoms. The molecule has 132 valence electrons. The Morgan fingerprint density at radius 2 is 1.77 bits per heavy atom. The van der Waals surface area contributed by atoms with Gasteiger partial charge in [-0.05, 0) is 35.2 Å². The second-order valence-electron chi connectivity index (χ2n) is 5.70. The predicted octanol–water partition coefficient (Wildman–Crippen LogP) is 2.53. The largest absolute Gasteiger partial charge is 0.481 e. The lowest BCUT2D eigenvalue weighted by Crippen LogP contribution is -2.24. The molecule has 0 bridgehead atoms. The van der Waals surface area contributed by atoms with E-state index in [4.69, 9.17) is 4.74 Å². The van der Waals surface area contributed by atoms with Gasteiger partial charge in [-0.2, -0.15) is 0 Å². The van der Waals surface area contributed by atoms with Crippen LogP contribution in [0.5, 0.6) is 5.88 Å². The first-order chi connectivity index (χ1) is 12.6. The number of fused-ring (bicyclic) bond motifs is 1. The van der Waals surface area contributed by atoms with Crippen molar-refractivity contribution >= 4 is 22.6 Å². The Morgan fingerprint density at radius 3 is 2.46 bits per heavy atom. The lowest BCUT2D eigenvalue weighted by atomic mass is 10.1. The molecular weight excluding hydrogens is 330 g/mol. The second kappa shape index (κ2) is 7.65. The Kier molecular flexibility index (Phi) is 5.12. The standard InChI is InChI=1S/C20H19N3O3/c1-21-18(24)14-9-7-13(8-10-14)12-22-19(25)17-11-15-5-3-4-6-16(15)20(23-17)26-2/h3-11H,12H2,1-2H3,(H,21,24)(H,22,25). The molecule has 26 heavy (non-hydrogen) atoms. The number of hydrogen-bond acceptors (Lipinski definition) is 4. The maximum atomic E-state index is 12.5. The van der Waals surface area contributed by atoms with Crippen LogP contribution >= 0.6 is 0 Å². The molecule has 0 aliphatic carbocycles. The summed E-state index contributed by atoms with van der Waals surface area (Å²) in [4.78, 5) is 28.3. The normalized spacial score (nSPS) is 10.4. The number of aromatic nitrogens is 1. The van der Waals surface area contributed by atoms with Gasteiger partial charge in [-0.1, -0.05) is 30.3 Å². The summed E-state index contributed by atoms with van der Waals surface area (Å²) in [6.07, 6.45) is 0. The van der Waals surface area contributed by atoms with Gasteiger partial charge >= 0.3 is 0 Å². The summed E-state index contributed by atoms with van der Waals surface area (Å²) in [5.41, 5.74) is 1.75. The zero-order valence-corrected chi connectivity index (χ0v) is 14.6. The van der Waals surface area contributed by atoms with Crippen molar-refractivity contribution < 1.29 is 14.3 Å². The Balaban J connectivity index is 1.74. The molecule has 2 amide bonds. The number of rotatable bonds is 5. The Labute approximate surface area is 151 Å². The molecule has 3 aromatic rings. The number of amides is 2. The summed E-state index contributed by atoms with van der Waals surface area (Å²) in [6, 6.07) is 16.4. The van der Waals surface area contributed by atoms with Gasteiger partial charge in [0, 0.05) is 24.5 Å². The van der Waals surface area contributed by atoms with Crippen LogP contribution in [0.3, 0.4) is 0 Å². The van der Waals surface area contributed by atoms with Crippen molar-refractivity contribution in [2.45, 2.75) is 6.54 Å². The third kappa shape index (κ3) is 3.64. The van der Waals surface area contributed by atoms with E-state index >= 15 is 0 Å². The fraction of sp³-hybridized carbons (Fsp3) is 0.150. The highest BCUT2D eigenvalue weighted by atomic mass is 16.5. The van der Waals surface area contributed by atoms with Gasteiger partial charge in [0.1, 0.15) is 5.69 Å². The number of carbonyl (C=O) groups is 2. The van der Waals surface area contributed by atoms with Crippen LogP contribution in [0.1, 0.15) is 26.4 Å². The van der Waals surface area contributed by atoms with Crippen molar-refractivity contribution in [3.05, 3.63) is 71.4 Å². The third-order valence-corrected chi connectivity index (χ3v) is 4.03. The number of hydrogen-bond donors (Lipinski definition) is 2. The molecule has 0 aliphatic heterocycles. The van der Waals surface area contributed by atoms with Crippen LogP contribution in [0, 0.1) is 0 Å². The molecule has 3 rings (SSSR count). The van der Waals surface area contributed by atoms with Gasteiger partial charge in [-0.15, -0.1) is 0 Å². The van der Waals surface area contributed by atoms with Gasteiger partial charge in [-0.25, -0.2) is 4.98 Å². The minimum absolute atomic E-state index is 0.145. The average Bonchev–Trinajstić information content (AvgIpc) is 2.70. The van der Waals surface area contributed by atoms with Gasteiger partial charge < -0.3 is 15.4 Å². The number of methoxy groups -OCH3 is 1. The number of nitrogens with one attached hydrogen (secondary N) is 2. The number of pyridine rings is 1. The molecule has 0 saturated carbocycles. The average molecular weight is 349 g/mol. The van der Waals surface area contributed by atoms with Gasteiger partial charge in [0.05, 0.1) is 7.11 Å². The van der Waals surface area contributed by atoms with E-state index in [1.54, 1.807) is 37.4 Å². The van der Waals surface area contributed by atoms with Crippen LogP contribution in [0.15, 0.2) is 54.6 Å². The minimum Gasteiger partial charge on any atom is -0.481 e. The highest BCUT2D eigenvalue weighted by Gasteiger charge is 2.12. The topological polar surface area (TPSA) is 80.3 Å². The number of ether oxygens (including phenoxy) is 1. The van der Waals surface area contributed by atoms with Crippen LogP contribution < -0.4 is 15.4 Å². The first-order valence-corrected chi connectivity index (χ1v) is 8.15. The molecule has 6 nitrogen and oxygen atoms in total. The van der Waals surface area contributed by atoms with Crippen molar-refractivity contribution in [1.82, 2.24) is 15.6 Å². The maximum Gasteiger partial charge on any atom is 0.270 e. The molecule has 0 saturated heterocycles. The third-order valence-electron chi connectivity index (χ3n) is 4.03. The van der Waals surface area contributed by atoms with E-state index in [2.05, 4.69) is 15.6 Å². The van der Waals surface area contributed by atoms with Crippen molar-refractivity contribution in [2.75, 3.05) is 14.2 Å². The molecule has 0 unspecified atom stereocenters. The summed E-state index contributed by atoms with van der Waals surface area (Å²) in [6.45, 7) is 0.337. The zero-order chi connectivity index (χ0) is 18.5. The van der Waals surface area contributed by atoms with E-state index in [0.29, 0.717) is 23.7 Å². The Hall–Kier alpha value is -3.41. The maximum absolute atomic E-state index is 12.5. The van der Waals surface area contributed by atoms with Crippen LogP contribution in [0.25, 0.3) is 10.8 Å². The highest BCUT2D eigenvalue weighted by molar-refractivity contribution is 5.98. The Morgan fingerprint density at radius 1 is 1.04 bits per heavy atom. The van der Waals surface area contributed by atoms with Crippen LogP contribution in [0.4, 0.5) is 0 Å². The van der Waals surface area contributed by atoms with E-state index in [-0.39, 0.29) is 11.8 Å². The summed E-state index contributed by atoms with van der Waals surface area (Å²) in [5, 5.41) is 7.15. The highest BCUT2D eigenvalue weighted by Crippen LogP contribution is 2.24. The second-order valence-corrected chi connectivity index (χ2v) is 5.70. The van der Waals surface area contributed by atoms with Crippen LogP contribution in [0.2, 0.25) is 0 Å². The molecule has 2 aromatic carbocycles. The molecule has 1 heterocycles. The number of nitrogens with zero attached hydrogens (tertiary/aromatic N) is 1. The molecule has 0 radical (unpaired) electrons. The van der Waals surface area contributed by atoms with Crippen molar-refractivity contribution in [1.29, 1.82) is 0 Å². The van der Waals surface area contributed by atoms with Crippen molar-refractivity contribution in [3.63, 3.8) is 0 Å². The van der Waals surface area contributed by atoms with E-state index in [0.717, 1.165) is 16.3 Å². The fourth-order valence-corrected chi connectivity index (χ4v) is 2.63. The quantitative estimate of drug-likeness (QED) is 0.742. The smallest absolute Gasteiger partial charge is 0.270 e. The molecule has 0 fully saturated rings. The lowest BCUT2D eigenvalue weighted by molar-refractivity contribution is 0.0941. The molecule has 0 atom stereocenters. The molecule has 0 aliphatic rings. The Bertz CT molecular complexity index is 952. The van der Waals surface area contributed by atoms with Gasteiger partial charge in [0.2, 0.25) is 5.88 Å². The van der Waals surface area contributed by atoms with E-state index < -0.39 is 0 Å². The molecule has 2 N–H and O–H groups in total. The van der Waals surface area contributed by atoms with E-state index in [1.165, 1.54) is 7.11 Å².